The van der Waals surface area contributed by atoms with Gasteiger partial charge in [-0.3, -0.25) is 0 Å². The third kappa shape index (κ3) is 3.18. The van der Waals surface area contributed by atoms with E-state index < -0.39 is 0 Å². The largest absolute Gasteiger partial charge is 0.481 e. The minimum atomic E-state index is 0.613. The average molecular weight is 261 g/mol. The van der Waals surface area contributed by atoms with Crippen LogP contribution in [0.1, 0.15) is 32.1 Å². The van der Waals surface area contributed by atoms with Crippen molar-refractivity contribution in [2.45, 2.75) is 44.2 Å². The van der Waals surface area contributed by atoms with Gasteiger partial charge in [0.05, 0.1) is 7.11 Å². The first-order valence-electron chi connectivity index (χ1n) is 7.38. The predicted molar refractivity (Wildman–Crippen MR) is 76.8 cm³/mol. The highest BCUT2D eigenvalue weighted by atomic mass is 16.5. The van der Waals surface area contributed by atoms with Crippen LogP contribution in [0.3, 0.4) is 0 Å². The smallest absolute Gasteiger partial charge is 0.214 e. The summed E-state index contributed by atoms with van der Waals surface area (Å²) in [5, 5.41) is 3.63. The van der Waals surface area contributed by atoms with Crippen molar-refractivity contribution in [1.82, 2.24) is 10.3 Å². The number of nitrogens with zero attached hydrogens (tertiary/aromatic N) is 2. The number of rotatable bonds is 5. The quantitative estimate of drug-likeness (QED) is 0.881. The van der Waals surface area contributed by atoms with E-state index in [2.05, 4.69) is 21.3 Å². The molecule has 0 spiro atoms. The van der Waals surface area contributed by atoms with E-state index in [1.165, 1.54) is 32.1 Å². The molecule has 104 valence electrons. The lowest BCUT2D eigenvalue weighted by Crippen LogP contribution is -2.44. The normalized spacial score (nSPS) is 23.1. The lowest BCUT2D eigenvalue weighted by atomic mass is 10.0. The van der Waals surface area contributed by atoms with Crippen molar-refractivity contribution in [2.24, 2.45) is 0 Å². The van der Waals surface area contributed by atoms with Gasteiger partial charge in [-0.1, -0.05) is 12.5 Å². The molecule has 1 aromatic heterocycles. The fourth-order valence-electron chi connectivity index (χ4n) is 2.81. The zero-order chi connectivity index (χ0) is 13.1. The van der Waals surface area contributed by atoms with Gasteiger partial charge in [-0.25, -0.2) is 0 Å². The molecular weight excluding hydrogens is 238 g/mol. The van der Waals surface area contributed by atoms with E-state index in [1.807, 2.05) is 12.1 Å². The topological polar surface area (TPSA) is 37.4 Å². The predicted octanol–water partition coefficient (Wildman–Crippen LogP) is 2.20. The summed E-state index contributed by atoms with van der Waals surface area (Å²) in [6.07, 6.45) is 6.55. The molecule has 1 N–H and O–H groups in total. The van der Waals surface area contributed by atoms with Crippen molar-refractivity contribution in [3.8, 4) is 5.88 Å². The van der Waals surface area contributed by atoms with Crippen molar-refractivity contribution in [3.63, 3.8) is 0 Å². The highest BCUT2D eigenvalue weighted by Crippen LogP contribution is 2.32. The molecular formula is C15H23N3O. The van der Waals surface area contributed by atoms with Gasteiger partial charge < -0.3 is 15.0 Å². The summed E-state index contributed by atoms with van der Waals surface area (Å²) in [6.45, 7) is 2.24. The zero-order valence-electron chi connectivity index (χ0n) is 11.6. The van der Waals surface area contributed by atoms with Crippen LogP contribution in [0.15, 0.2) is 18.2 Å². The van der Waals surface area contributed by atoms with Crippen molar-refractivity contribution < 1.29 is 4.74 Å². The van der Waals surface area contributed by atoms with E-state index in [0.717, 1.165) is 18.9 Å². The number of hydrogen-bond acceptors (Lipinski definition) is 4. The number of methoxy groups -OCH3 is 1. The van der Waals surface area contributed by atoms with Gasteiger partial charge in [-0.15, -0.1) is 0 Å². The van der Waals surface area contributed by atoms with Crippen molar-refractivity contribution in [1.29, 1.82) is 0 Å². The van der Waals surface area contributed by atoms with Crippen LogP contribution < -0.4 is 15.0 Å². The van der Waals surface area contributed by atoms with E-state index in [9.17, 15) is 0 Å². The third-order valence-electron chi connectivity index (χ3n) is 4.03. The summed E-state index contributed by atoms with van der Waals surface area (Å²) in [6, 6.07) is 7.34. The minimum absolute atomic E-state index is 0.613. The lowest BCUT2D eigenvalue weighted by Gasteiger charge is -2.31. The van der Waals surface area contributed by atoms with Crippen LogP contribution >= 0.6 is 0 Å². The van der Waals surface area contributed by atoms with Gasteiger partial charge in [0.1, 0.15) is 5.82 Å². The summed E-state index contributed by atoms with van der Waals surface area (Å²) >= 11 is 0. The molecule has 2 fully saturated rings. The van der Waals surface area contributed by atoms with Crippen LogP contribution in [0.25, 0.3) is 0 Å². The fourth-order valence-corrected chi connectivity index (χ4v) is 2.81. The first-order valence-corrected chi connectivity index (χ1v) is 7.38. The number of nitrogens with one attached hydrogen (secondary N) is 1. The van der Waals surface area contributed by atoms with Crippen molar-refractivity contribution in [2.75, 3.05) is 25.1 Å². The second-order valence-electron chi connectivity index (χ2n) is 5.57. The van der Waals surface area contributed by atoms with E-state index in [4.69, 9.17) is 4.74 Å². The molecule has 3 rings (SSSR count). The van der Waals surface area contributed by atoms with Crippen molar-refractivity contribution in [3.05, 3.63) is 18.2 Å². The maximum absolute atomic E-state index is 5.24. The summed E-state index contributed by atoms with van der Waals surface area (Å²) in [5.74, 6) is 1.77. The Bertz CT molecular complexity index is 414. The molecule has 0 radical (unpaired) electrons. The van der Waals surface area contributed by atoms with E-state index in [-0.39, 0.29) is 0 Å². The SMILES string of the molecule is COc1cccc(N(CC2CCCCN2)C2CC2)n1. The van der Waals surface area contributed by atoms with Crippen LogP contribution in [0.5, 0.6) is 5.88 Å². The number of ether oxygens (including phenoxy) is 1. The van der Waals surface area contributed by atoms with E-state index in [1.54, 1.807) is 7.11 Å². The molecule has 1 aromatic rings. The number of hydrogen-bond donors (Lipinski definition) is 1. The van der Waals surface area contributed by atoms with Crippen LogP contribution in [0, 0.1) is 0 Å². The van der Waals surface area contributed by atoms with Gasteiger partial charge in [-0.05, 0) is 38.3 Å². The molecule has 2 heterocycles. The summed E-state index contributed by atoms with van der Waals surface area (Å²) in [4.78, 5) is 7.06. The van der Waals surface area contributed by atoms with Gasteiger partial charge in [0, 0.05) is 24.7 Å². The monoisotopic (exact) mass is 261 g/mol. The van der Waals surface area contributed by atoms with Gasteiger partial charge >= 0.3 is 0 Å². The van der Waals surface area contributed by atoms with Gasteiger partial charge in [-0.2, -0.15) is 4.98 Å². The van der Waals surface area contributed by atoms with Crippen molar-refractivity contribution >= 4 is 5.82 Å². The summed E-state index contributed by atoms with van der Waals surface area (Å²) < 4.78 is 5.24. The molecule has 4 nitrogen and oxygen atoms in total. The van der Waals surface area contributed by atoms with Gasteiger partial charge in [0.15, 0.2) is 0 Å². The Hall–Kier alpha value is -1.29. The lowest BCUT2D eigenvalue weighted by molar-refractivity contribution is 0.390. The molecule has 1 saturated heterocycles. The molecule has 1 unspecified atom stereocenters. The highest BCUT2D eigenvalue weighted by molar-refractivity contribution is 5.43. The Morgan fingerprint density at radius 2 is 2.21 bits per heavy atom. The molecule has 1 saturated carbocycles. The van der Waals surface area contributed by atoms with Crippen LogP contribution in [0.4, 0.5) is 5.82 Å². The van der Waals surface area contributed by atoms with Crippen LogP contribution in [0.2, 0.25) is 0 Å². The first-order chi connectivity index (χ1) is 9.36. The Kier molecular flexibility index (Phi) is 3.87. The Labute approximate surface area is 115 Å². The molecule has 1 atom stereocenters. The summed E-state index contributed by atoms with van der Waals surface area (Å²) in [7, 11) is 1.68. The maximum Gasteiger partial charge on any atom is 0.214 e. The van der Waals surface area contributed by atoms with Gasteiger partial charge in [0.25, 0.3) is 0 Å². The van der Waals surface area contributed by atoms with Gasteiger partial charge in [0.2, 0.25) is 5.88 Å². The summed E-state index contributed by atoms with van der Waals surface area (Å²) in [5.41, 5.74) is 0. The number of aromatic nitrogens is 1. The second kappa shape index (κ2) is 5.78. The first kappa shape index (κ1) is 12.7. The second-order valence-corrected chi connectivity index (χ2v) is 5.57. The standard InChI is InChI=1S/C15H23N3O/c1-19-15-7-4-6-14(17-15)18(13-8-9-13)11-12-5-2-3-10-16-12/h4,6-7,12-13,16H,2-3,5,8-11H2,1H3. The molecule has 19 heavy (non-hydrogen) atoms. The highest BCUT2D eigenvalue weighted by Gasteiger charge is 2.32. The maximum atomic E-state index is 5.24. The zero-order valence-corrected chi connectivity index (χ0v) is 11.6. The molecule has 0 bridgehead atoms. The van der Waals surface area contributed by atoms with E-state index >= 15 is 0 Å². The number of anilines is 1. The third-order valence-corrected chi connectivity index (χ3v) is 4.03. The number of piperidine rings is 1. The molecule has 0 amide bonds. The molecule has 1 aliphatic heterocycles. The molecule has 1 aliphatic carbocycles. The van der Waals surface area contributed by atoms with Crippen LogP contribution in [-0.4, -0.2) is 37.3 Å². The number of pyridine rings is 1. The Morgan fingerprint density at radius 1 is 1.32 bits per heavy atom. The Morgan fingerprint density at radius 3 is 2.89 bits per heavy atom. The van der Waals surface area contributed by atoms with Crippen LogP contribution in [-0.2, 0) is 0 Å². The fraction of sp³-hybridized carbons (Fsp3) is 0.667. The molecule has 0 aromatic carbocycles. The average Bonchev–Trinajstić information content (AvgIpc) is 3.30. The Balaban J connectivity index is 1.72. The molecule has 2 aliphatic rings. The van der Waals surface area contributed by atoms with E-state index in [0.29, 0.717) is 18.0 Å². The minimum Gasteiger partial charge on any atom is -0.481 e. The molecule has 4 heteroatoms.